The molecular weight excluding hydrogens is 502 g/mol. The van der Waals surface area contributed by atoms with Gasteiger partial charge in [0.1, 0.15) is 0 Å². The van der Waals surface area contributed by atoms with Gasteiger partial charge in [0.15, 0.2) is 17.3 Å². The molecule has 5 rings (SSSR count). The molecule has 3 aliphatic rings. The fourth-order valence-corrected chi connectivity index (χ4v) is 5.65. The van der Waals surface area contributed by atoms with Crippen LogP contribution in [0.4, 0.5) is 31.8 Å². The van der Waals surface area contributed by atoms with E-state index in [9.17, 15) is 22.0 Å². The molecule has 0 atom stereocenters. The van der Waals surface area contributed by atoms with Crippen LogP contribution in [0.5, 0.6) is 0 Å². The zero-order chi connectivity index (χ0) is 26.4. The van der Waals surface area contributed by atoms with E-state index in [4.69, 9.17) is 0 Å². The number of alkyl halides is 2. The third kappa shape index (κ3) is 6.11. The van der Waals surface area contributed by atoms with Crippen LogP contribution in [-0.4, -0.2) is 62.7 Å². The number of benzene rings is 1. The first kappa shape index (κ1) is 25.6. The smallest absolute Gasteiger partial charge is 0.278 e. The molecule has 3 fully saturated rings. The summed E-state index contributed by atoms with van der Waals surface area (Å²) in [6.07, 6.45) is 6.30. The molecule has 0 radical (unpaired) electrons. The molecule has 2 aromatic rings. The summed E-state index contributed by atoms with van der Waals surface area (Å²) < 4.78 is 53.1. The lowest BCUT2D eigenvalue weighted by Crippen LogP contribution is -2.39. The van der Waals surface area contributed by atoms with Crippen LogP contribution in [-0.2, 0) is 10.0 Å². The molecule has 0 bridgehead atoms. The maximum absolute atomic E-state index is 13.6. The minimum absolute atomic E-state index is 0. The first-order valence-electron chi connectivity index (χ1n) is 12.6. The summed E-state index contributed by atoms with van der Waals surface area (Å²) >= 11 is 0. The van der Waals surface area contributed by atoms with Crippen LogP contribution < -0.4 is 19.8 Å². The van der Waals surface area contributed by atoms with Crippen LogP contribution in [0.3, 0.4) is 0 Å². The van der Waals surface area contributed by atoms with Crippen LogP contribution >= 0.6 is 0 Å². The molecule has 1 saturated carbocycles. The number of hydrogen-bond acceptors (Lipinski definition) is 7. The second-order valence-electron chi connectivity index (χ2n) is 10.6. The number of aromatic nitrogens is 2. The highest BCUT2D eigenvalue weighted by molar-refractivity contribution is 7.92. The van der Waals surface area contributed by atoms with Crippen molar-refractivity contribution < 1.29 is 24.8 Å². The Hall–Kier alpha value is -3.02. The number of nitrogens with one attached hydrogen (secondary N) is 2. The van der Waals surface area contributed by atoms with Gasteiger partial charge in [0.25, 0.3) is 11.8 Å². The van der Waals surface area contributed by atoms with Gasteiger partial charge >= 0.3 is 0 Å². The SMILES string of the molecule is Cc1cc(NC(=O)c2ncc(NS(C)(=O)=O)nc2N2CCC3(CC2)CC3)cc(N2CCC(F)(F)CC2)c1.[HH].[HH]. The van der Waals surface area contributed by atoms with Crippen LogP contribution in [0.1, 0.15) is 57.4 Å². The fourth-order valence-electron chi connectivity index (χ4n) is 5.17. The van der Waals surface area contributed by atoms with Gasteiger partial charge in [-0.15, -0.1) is 0 Å². The van der Waals surface area contributed by atoms with Crippen molar-refractivity contribution in [3.05, 3.63) is 35.7 Å². The summed E-state index contributed by atoms with van der Waals surface area (Å²) in [5, 5.41) is 2.89. The molecule has 2 saturated heterocycles. The highest BCUT2D eigenvalue weighted by Gasteiger charge is 2.45. The topological polar surface area (TPSA) is 108 Å². The molecule has 37 heavy (non-hydrogen) atoms. The molecule has 1 amide bonds. The van der Waals surface area contributed by atoms with Crippen LogP contribution in [0.25, 0.3) is 0 Å². The molecule has 12 heteroatoms. The van der Waals surface area contributed by atoms with E-state index in [1.165, 1.54) is 19.0 Å². The first-order chi connectivity index (χ1) is 17.4. The molecular formula is C25H36F2N6O3S. The van der Waals surface area contributed by atoms with E-state index in [1.807, 2.05) is 28.9 Å². The summed E-state index contributed by atoms with van der Waals surface area (Å²) in [6, 6.07) is 5.50. The predicted molar refractivity (Wildman–Crippen MR) is 143 cm³/mol. The fraction of sp³-hybridized carbons (Fsp3) is 0.560. The number of nitrogens with zero attached hydrogens (tertiary/aromatic N) is 4. The van der Waals surface area contributed by atoms with Crippen molar-refractivity contribution in [2.75, 3.05) is 52.3 Å². The van der Waals surface area contributed by atoms with Gasteiger partial charge in [0.2, 0.25) is 10.0 Å². The number of halogens is 2. The molecule has 1 aromatic carbocycles. The summed E-state index contributed by atoms with van der Waals surface area (Å²) in [5.41, 5.74) is 2.70. The normalized spacial score (nSPS) is 20.5. The minimum atomic E-state index is -3.57. The van der Waals surface area contributed by atoms with E-state index in [2.05, 4.69) is 20.0 Å². The van der Waals surface area contributed by atoms with Crippen molar-refractivity contribution in [2.45, 2.75) is 51.4 Å². The molecule has 1 aromatic heterocycles. The summed E-state index contributed by atoms with van der Waals surface area (Å²) in [4.78, 5) is 26.1. The van der Waals surface area contributed by atoms with Crippen molar-refractivity contribution in [3.63, 3.8) is 0 Å². The van der Waals surface area contributed by atoms with E-state index in [-0.39, 0.29) is 40.3 Å². The van der Waals surface area contributed by atoms with E-state index in [0.717, 1.165) is 30.3 Å². The van der Waals surface area contributed by atoms with Crippen molar-refractivity contribution in [1.29, 1.82) is 0 Å². The van der Waals surface area contributed by atoms with Crippen molar-refractivity contribution in [3.8, 4) is 0 Å². The van der Waals surface area contributed by atoms with Crippen molar-refractivity contribution >= 4 is 38.9 Å². The average molecular weight is 539 g/mol. The Balaban J connectivity index is 0.00000210. The Kier molecular flexibility index (Phi) is 6.49. The van der Waals surface area contributed by atoms with Gasteiger partial charge < -0.3 is 15.1 Å². The second kappa shape index (κ2) is 9.38. The molecule has 204 valence electrons. The number of rotatable bonds is 6. The van der Waals surface area contributed by atoms with Crippen LogP contribution in [0.15, 0.2) is 24.4 Å². The quantitative estimate of drug-likeness (QED) is 0.557. The Bertz CT molecular complexity index is 1310. The molecule has 0 unspecified atom stereocenters. The third-order valence-corrected chi connectivity index (χ3v) is 8.10. The number of aryl methyl sites for hydroxylation is 1. The van der Waals surface area contributed by atoms with E-state index < -0.39 is 21.9 Å². The van der Waals surface area contributed by atoms with Gasteiger partial charge in [-0.3, -0.25) is 9.52 Å². The van der Waals surface area contributed by atoms with Gasteiger partial charge in [-0.25, -0.2) is 27.2 Å². The summed E-state index contributed by atoms with van der Waals surface area (Å²) in [6.45, 7) is 3.79. The molecule has 1 spiro atoms. The van der Waals surface area contributed by atoms with Crippen LogP contribution in [0, 0.1) is 12.3 Å². The largest absolute Gasteiger partial charge is 0.371 e. The molecule has 1 aliphatic carbocycles. The molecule has 2 aliphatic heterocycles. The van der Waals surface area contributed by atoms with Gasteiger partial charge in [-0.2, -0.15) is 0 Å². The number of carbonyl (C=O) groups excluding carboxylic acids is 1. The highest BCUT2D eigenvalue weighted by atomic mass is 32.2. The van der Waals surface area contributed by atoms with Gasteiger partial charge in [0, 0.05) is 53.2 Å². The van der Waals surface area contributed by atoms with Gasteiger partial charge in [0.05, 0.1) is 12.5 Å². The summed E-state index contributed by atoms with van der Waals surface area (Å²) in [7, 11) is -3.57. The van der Waals surface area contributed by atoms with E-state index >= 15 is 0 Å². The number of hydrogen-bond donors (Lipinski definition) is 2. The zero-order valence-electron chi connectivity index (χ0n) is 21.1. The molecule has 3 heterocycles. The van der Waals surface area contributed by atoms with E-state index in [0.29, 0.717) is 30.0 Å². The number of amides is 1. The Morgan fingerprint density at radius 2 is 1.65 bits per heavy atom. The first-order valence-corrected chi connectivity index (χ1v) is 14.5. The lowest BCUT2D eigenvalue weighted by molar-refractivity contribution is -0.0220. The second-order valence-corrected chi connectivity index (χ2v) is 12.4. The standard InChI is InChI=1S/C25H32F2N6O3S.2H2/c1-17-13-18(15-19(14-17)32-11-7-25(26,27)8-12-32)29-23(34)21-22(30-20(16-28-21)31-37(2,35)36)33-9-5-24(3-4-24)6-10-33;;/h13-16H,3-12H2,1-2H3,(H,29,34)(H,30,31);2*1H. The predicted octanol–water partition coefficient (Wildman–Crippen LogP) is 4.52. The van der Waals surface area contributed by atoms with Crippen molar-refractivity contribution in [1.82, 2.24) is 9.97 Å². The lowest BCUT2D eigenvalue weighted by Gasteiger charge is -2.34. The number of anilines is 4. The average Bonchev–Trinajstić information content (AvgIpc) is 3.56. The zero-order valence-corrected chi connectivity index (χ0v) is 21.9. The number of piperidine rings is 2. The minimum Gasteiger partial charge on any atom is -0.371 e. The van der Waals surface area contributed by atoms with Gasteiger partial charge in [-0.05, 0) is 61.8 Å². The summed E-state index contributed by atoms with van der Waals surface area (Å²) in [5.74, 6) is -2.71. The lowest BCUT2D eigenvalue weighted by atomic mass is 9.93. The highest BCUT2D eigenvalue weighted by Crippen LogP contribution is 2.54. The maximum atomic E-state index is 13.6. The number of carbonyl (C=O) groups is 1. The monoisotopic (exact) mass is 538 g/mol. The molecule has 9 nitrogen and oxygen atoms in total. The Morgan fingerprint density at radius 3 is 2.27 bits per heavy atom. The Labute approximate surface area is 218 Å². The van der Waals surface area contributed by atoms with Crippen molar-refractivity contribution in [2.24, 2.45) is 5.41 Å². The third-order valence-electron chi connectivity index (χ3n) is 7.52. The van der Waals surface area contributed by atoms with E-state index in [1.54, 1.807) is 6.07 Å². The van der Waals surface area contributed by atoms with Gasteiger partial charge in [-0.1, -0.05) is 0 Å². The molecule has 2 N–H and O–H groups in total. The Morgan fingerprint density at radius 1 is 1.00 bits per heavy atom. The van der Waals surface area contributed by atoms with Crippen LogP contribution in [0.2, 0.25) is 0 Å². The maximum Gasteiger partial charge on any atom is 0.278 e. The number of sulfonamides is 1.